The number of aryl methyl sites for hydroxylation is 1. The van der Waals surface area contributed by atoms with Crippen LogP contribution in [0.5, 0.6) is 5.75 Å². The molecule has 0 radical (unpaired) electrons. The Morgan fingerprint density at radius 3 is 2.45 bits per heavy atom. The minimum absolute atomic E-state index is 0.285. The van der Waals surface area contributed by atoms with E-state index in [1.807, 2.05) is 40.1 Å². The fourth-order valence-corrected chi connectivity index (χ4v) is 2.16. The molecule has 0 bridgehead atoms. The van der Waals surface area contributed by atoms with E-state index in [4.69, 9.17) is 9.47 Å². The van der Waals surface area contributed by atoms with Crippen LogP contribution in [0.15, 0.2) is 12.1 Å². The molecule has 1 rings (SSSR count). The summed E-state index contributed by atoms with van der Waals surface area (Å²) in [5.74, 6) is 0.673. The quantitative estimate of drug-likeness (QED) is 0.688. The molecule has 0 saturated carbocycles. The Bertz CT molecular complexity index is 495. The number of benzene rings is 1. The Balaban J connectivity index is 3.14. The van der Waals surface area contributed by atoms with Crippen molar-refractivity contribution in [2.24, 2.45) is 0 Å². The molecule has 0 heterocycles. The van der Waals surface area contributed by atoms with Crippen LogP contribution in [0, 0.1) is 6.92 Å². The van der Waals surface area contributed by atoms with Crippen molar-refractivity contribution in [2.45, 2.75) is 40.0 Å². The Hall–Kier alpha value is -1.55. The van der Waals surface area contributed by atoms with Crippen molar-refractivity contribution < 1.29 is 14.3 Å². The van der Waals surface area contributed by atoms with Gasteiger partial charge < -0.3 is 14.4 Å². The van der Waals surface area contributed by atoms with E-state index in [1.165, 1.54) is 0 Å². The van der Waals surface area contributed by atoms with E-state index in [2.05, 4.69) is 18.7 Å². The van der Waals surface area contributed by atoms with Crippen LogP contribution >= 0.6 is 0 Å². The van der Waals surface area contributed by atoms with Crippen molar-refractivity contribution in [3.63, 3.8) is 0 Å². The van der Waals surface area contributed by atoms with E-state index in [0.29, 0.717) is 24.5 Å². The van der Waals surface area contributed by atoms with Crippen LogP contribution in [0.2, 0.25) is 0 Å². The van der Waals surface area contributed by atoms with Gasteiger partial charge in [0.15, 0.2) is 0 Å². The first-order chi connectivity index (χ1) is 10.4. The fraction of sp³-hybridized carbons (Fsp3) is 0.611. The lowest BCUT2D eigenvalue weighted by atomic mass is 9.96. The molecule has 1 aromatic carbocycles. The van der Waals surface area contributed by atoms with Crippen molar-refractivity contribution in [1.29, 1.82) is 0 Å². The minimum Gasteiger partial charge on any atom is -0.491 e. The maximum Gasteiger partial charge on any atom is 0.342 e. The molecule has 0 aliphatic carbocycles. The zero-order chi connectivity index (χ0) is 16.7. The van der Waals surface area contributed by atoms with Gasteiger partial charge in [0.2, 0.25) is 0 Å². The number of esters is 1. The van der Waals surface area contributed by atoms with Gasteiger partial charge in [-0.3, -0.25) is 0 Å². The SMILES string of the molecule is CCCOC(=O)c1c(C)ccc(C(C)C)c1OCCN(C)C. The minimum atomic E-state index is -0.290. The molecule has 22 heavy (non-hydrogen) atoms. The molecular formula is C18H29NO3. The lowest BCUT2D eigenvalue weighted by molar-refractivity contribution is 0.0499. The molecule has 0 N–H and O–H groups in total. The maximum atomic E-state index is 12.4. The summed E-state index contributed by atoms with van der Waals surface area (Å²) in [5.41, 5.74) is 2.51. The van der Waals surface area contributed by atoms with Crippen molar-refractivity contribution in [2.75, 3.05) is 33.9 Å². The summed E-state index contributed by atoms with van der Waals surface area (Å²) in [6, 6.07) is 4.01. The van der Waals surface area contributed by atoms with Gasteiger partial charge in [0.05, 0.1) is 6.61 Å². The van der Waals surface area contributed by atoms with Crippen LogP contribution in [-0.2, 0) is 4.74 Å². The highest BCUT2D eigenvalue weighted by Gasteiger charge is 2.22. The van der Waals surface area contributed by atoms with Crippen molar-refractivity contribution in [3.8, 4) is 5.75 Å². The van der Waals surface area contributed by atoms with Gasteiger partial charge >= 0.3 is 5.97 Å². The van der Waals surface area contributed by atoms with Gasteiger partial charge in [0.25, 0.3) is 0 Å². The molecule has 1 aromatic rings. The molecule has 4 heteroatoms. The molecule has 0 aliphatic heterocycles. The Morgan fingerprint density at radius 1 is 1.23 bits per heavy atom. The van der Waals surface area contributed by atoms with Crippen LogP contribution in [-0.4, -0.2) is 44.7 Å². The summed E-state index contributed by atoms with van der Waals surface area (Å²) in [6.45, 7) is 9.89. The molecule has 0 amide bonds. The summed E-state index contributed by atoms with van der Waals surface area (Å²) in [5, 5.41) is 0. The number of carbonyl (C=O) groups is 1. The van der Waals surface area contributed by atoms with Crippen molar-refractivity contribution in [3.05, 3.63) is 28.8 Å². The second kappa shape index (κ2) is 8.79. The molecule has 0 atom stereocenters. The zero-order valence-electron chi connectivity index (χ0n) is 14.7. The number of ether oxygens (including phenoxy) is 2. The third kappa shape index (κ3) is 5.02. The first kappa shape index (κ1) is 18.5. The van der Waals surface area contributed by atoms with Gasteiger partial charge in [-0.05, 0) is 44.5 Å². The van der Waals surface area contributed by atoms with Crippen LogP contribution in [0.25, 0.3) is 0 Å². The van der Waals surface area contributed by atoms with Crippen LogP contribution < -0.4 is 4.74 Å². The molecule has 0 fully saturated rings. The van der Waals surface area contributed by atoms with Crippen molar-refractivity contribution in [1.82, 2.24) is 4.90 Å². The Labute approximate surface area is 134 Å². The first-order valence-corrected chi connectivity index (χ1v) is 7.96. The lowest BCUT2D eigenvalue weighted by Crippen LogP contribution is -2.21. The molecular weight excluding hydrogens is 278 g/mol. The number of likely N-dealkylation sites (N-methyl/N-ethyl adjacent to an activating group) is 1. The number of hydrogen-bond acceptors (Lipinski definition) is 4. The van der Waals surface area contributed by atoms with Crippen LogP contribution in [0.1, 0.15) is 54.6 Å². The highest BCUT2D eigenvalue weighted by Crippen LogP contribution is 2.33. The smallest absolute Gasteiger partial charge is 0.342 e. The van der Waals surface area contributed by atoms with Crippen LogP contribution in [0.3, 0.4) is 0 Å². The van der Waals surface area contributed by atoms with Gasteiger partial charge in [-0.1, -0.05) is 32.9 Å². The van der Waals surface area contributed by atoms with Gasteiger partial charge in [0, 0.05) is 6.54 Å². The molecule has 0 saturated heterocycles. The molecule has 0 aromatic heterocycles. The summed E-state index contributed by atoms with van der Waals surface area (Å²) in [6.07, 6.45) is 0.811. The molecule has 0 unspecified atom stereocenters. The second-order valence-electron chi connectivity index (χ2n) is 6.12. The molecule has 4 nitrogen and oxygen atoms in total. The van der Waals surface area contributed by atoms with Crippen LogP contribution in [0.4, 0.5) is 0 Å². The molecule has 124 valence electrons. The van der Waals surface area contributed by atoms with Gasteiger partial charge in [-0.25, -0.2) is 4.79 Å². The summed E-state index contributed by atoms with van der Waals surface area (Å²) in [7, 11) is 4.00. The Kier molecular flexibility index (Phi) is 7.39. The van der Waals surface area contributed by atoms with Gasteiger partial charge in [-0.2, -0.15) is 0 Å². The average molecular weight is 307 g/mol. The van der Waals surface area contributed by atoms with E-state index in [0.717, 1.165) is 24.1 Å². The fourth-order valence-electron chi connectivity index (χ4n) is 2.16. The number of hydrogen-bond donors (Lipinski definition) is 0. The molecule has 0 spiro atoms. The second-order valence-corrected chi connectivity index (χ2v) is 6.12. The number of nitrogens with zero attached hydrogens (tertiary/aromatic N) is 1. The topological polar surface area (TPSA) is 38.8 Å². The average Bonchev–Trinajstić information content (AvgIpc) is 2.44. The predicted octanol–water partition coefficient (Wildman–Crippen LogP) is 3.63. The van der Waals surface area contributed by atoms with E-state index in [1.54, 1.807) is 0 Å². The third-order valence-corrected chi connectivity index (χ3v) is 3.44. The standard InChI is InChI=1S/C18H29NO3/c1-7-11-22-18(20)16-14(4)8-9-15(13(2)3)17(16)21-12-10-19(5)6/h8-9,13H,7,10-12H2,1-6H3. The summed E-state index contributed by atoms with van der Waals surface area (Å²) < 4.78 is 11.3. The number of carbonyl (C=O) groups excluding carboxylic acids is 1. The largest absolute Gasteiger partial charge is 0.491 e. The third-order valence-electron chi connectivity index (χ3n) is 3.44. The van der Waals surface area contributed by atoms with E-state index in [9.17, 15) is 4.79 Å². The summed E-state index contributed by atoms with van der Waals surface area (Å²) >= 11 is 0. The van der Waals surface area contributed by atoms with E-state index >= 15 is 0 Å². The van der Waals surface area contributed by atoms with E-state index in [-0.39, 0.29) is 11.9 Å². The first-order valence-electron chi connectivity index (χ1n) is 7.96. The molecule has 0 aliphatic rings. The normalized spacial score (nSPS) is 11.1. The highest BCUT2D eigenvalue weighted by atomic mass is 16.5. The Morgan fingerprint density at radius 2 is 1.91 bits per heavy atom. The monoisotopic (exact) mass is 307 g/mol. The zero-order valence-corrected chi connectivity index (χ0v) is 14.7. The summed E-state index contributed by atoms with van der Waals surface area (Å²) in [4.78, 5) is 14.5. The predicted molar refractivity (Wildman–Crippen MR) is 89.9 cm³/mol. The van der Waals surface area contributed by atoms with Gasteiger partial charge in [0.1, 0.15) is 17.9 Å². The van der Waals surface area contributed by atoms with E-state index < -0.39 is 0 Å². The van der Waals surface area contributed by atoms with Crippen molar-refractivity contribution >= 4 is 5.97 Å². The van der Waals surface area contributed by atoms with Gasteiger partial charge in [-0.15, -0.1) is 0 Å². The lowest BCUT2D eigenvalue weighted by Gasteiger charge is -2.20. The highest BCUT2D eigenvalue weighted by molar-refractivity contribution is 5.94. The maximum absolute atomic E-state index is 12.4. The number of rotatable bonds is 8.